The van der Waals surface area contributed by atoms with Gasteiger partial charge in [0, 0.05) is 12.1 Å². The molecule has 0 aliphatic rings. The third-order valence-electron chi connectivity index (χ3n) is 3.12. The number of rotatable bonds is 5. The first-order valence-electron chi connectivity index (χ1n) is 7.33. The Kier molecular flexibility index (Phi) is 7.39. The molecule has 1 aromatic carbocycles. The van der Waals surface area contributed by atoms with E-state index < -0.39 is 11.6 Å². The van der Waals surface area contributed by atoms with Crippen LogP contribution in [0.15, 0.2) is 24.3 Å². The van der Waals surface area contributed by atoms with E-state index >= 15 is 0 Å². The second kappa shape index (κ2) is 7.84. The molecule has 1 aromatic rings. The van der Waals surface area contributed by atoms with E-state index in [2.05, 4.69) is 26.1 Å². The molecule has 0 saturated heterocycles. The maximum Gasteiger partial charge on any atom is 0.260 e. The van der Waals surface area contributed by atoms with Gasteiger partial charge in [-0.25, -0.2) is 0 Å². The third kappa shape index (κ3) is 7.14. The molecule has 0 bridgehead atoms. The molecule has 4 nitrogen and oxygen atoms in total. The third-order valence-corrected chi connectivity index (χ3v) is 3.12. The molecular formula is C17H29ClN2O2. The SMILES string of the molecule is CC(Oc1ccc(C(C)(C)C)cc1)C(=O)NCC(C)(C)N.Cl. The Morgan fingerprint density at radius 2 is 1.68 bits per heavy atom. The minimum atomic E-state index is -0.548. The minimum Gasteiger partial charge on any atom is -0.481 e. The smallest absolute Gasteiger partial charge is 0.260 e. The molecule has 0 heterocycles. The summed E-state index contributed by atoms with van der Waals surface area (Å²) in [5.74, 6) is 0.533. The number of carbonyl (C=O) groups excluding carboxylic acids is 1. The van der Waals surface area contributed by atoms with Crippen molar-refractivity contribution < 1.29 is 9.53 Å². The highest BCUT2D eigenvalue weighted by molar-refractivity contribution is 5.85. The van der Waals surface area contributed by atoms with Crippen molar-refractivity contribution >= 4 is 18.3 Å². The minimum absolute atomic E-state index is 0. The summed E-state index contributed by atoms with van der Waals surface area (Å²) in [5, 5.41) is 2.79. The van der Waals surface area contributed by atoms with E-state index in [0.717, 1.165) is 0 Å². The zero-order valence-corrected chi connectivity index (χ0v) is 15.2. The van der Waals surface area contributed by atoms with Crippen LogP contribution in [-0.2, 0) is 10.2 Å². The van der Waals surface area contributed by atoms with E-state index in [4.69, 9.17) is 10.5 Å². The zero-order valence-electron chi connectivity index (χ0n) is 14.4. The Morgan fingerprint density at radius 1 is 1.18 bits per heavy atom. The normalized spacial score (nSPS) is 13.0. The van der Waals surface area contributed by atoms with Gasteiger partial charge in [0.2, 0.25) is 0 Å². The largest absolute Gasteiger partial charge is 0.481 e. The maximum atomic E-state index is 11.9. The second-order valence-electron chi connectivity index (χ2n) is 7.24. The van der Waals surface area contributed by atoms with Crippen molar-refractivity contribution in [3.8, 4) is 5.75 Å². The number of nitrogens with one attached hydrogen (secondary N) is 1. The van der Waals surface area contributed by atoms with Gasteiger partial charge in [-0.15, -0.1) is 12.4 Å². The number of hydrogen-bond acceptors (Lipinski definition) is 3. The number of nitrogens with two attached hydrogens (primary N) is 1. The van der Waals surface area contributed by atoms with Crippen LogP contribution in [0.5, 0.6) is 5.75 Å². The number of hydrogen-bond donors (Lipinski definition) is 2. The summed E-state index contributed by atoms with van der Waals surface area (Å²) in [6.45, 7) is 12.4. The summed E-state index contributed by atoms with van der Waals surface area (Å²) in [7, 11) is 0. The van der Waals surface area contributed by atoms with Crippen LogP contribution in [0.4, 0.5) is 0 Å². The fourth-order valence-electron chi connectivity index (χ4n) is 1.75. The van der Waals surface area contributed by atoms with Crippen LogP contribution in [0.1, 0.15) is 47.1 Å². The van der Waals surface area contributed by atoms with Gasteiger partial charge in [0.05, 0.1) is 0 Å². The molecule has 1 atom stereocenters. The molecule has 0 spiro atoms. The number of amides is 1. The molecule has 0 fully saturated rings. The Balaban J connectivity index is 0.00000441. The molecule has 0 aliphatic heterocycles. The van der Waals surface area contributed by atoms with Gasteiger partial charge in [-0.2, -0.15) is 0 Å². The summed E-state index contributed by atoms with van der Waals surface area (Å²) in [4.78, 5) is 11.9. The number of halogens is 1. The molecule has 0 aromatic heterocycles. The quantitative estimate of drug-likeness (QED) is 0.873. The lowest BCUT2D eigenvalue weighted by molar-refractivity contribution is -0.127. The Hall–Kier alpha value is -1.26. The fourth-order valence-corrected chi connectivity index (χ4v) is 1.75. The number of carbonyl (C=O) groups is 1. The topological polar surface area (TPSA) is 64.3 Å². The predicted molar refractivity (Wildman–Crippen MR) is 93.8 cm³/mol. The number of benzene rings is 1. The lowest BCUT2D eigenvalue weighted by Crippen LogP contribution is -2.48. The molecule has 3 N–H and O–H groups in total. The van der Waals surface area contributed by atoms with Crippen molar-refractivity contribution in [1.82, 2.24) is 5.32 Å². The van der Waals surface area contributed by atoms with Gasteiger partial charge in [0.15, 0.2) is 6.10 Å². The Labute approximate surface area is 140 Å². The van der Waals surface area contributed by atoms with E-state index in [1.54, 1.807) is 6.92 Å². The first kappa shape index (κ1) is 20.7. The monoisotopic (exact) mass is 328 g/mol. The van der Waals surface area contributed by atoms with Crippen LogP contribution in [-0.4, -0.2) is 24.1 Å². The van der Waals surface area contributed by atoms with Crippen LogP contribution in [0.3, 0.4) is 0 Å². The molecule has 1 amide bonds. The summed E-state index contributed by atoms with van der Waals surface area (Å²) in [6.07, 6.45) is -0.548. The fraction of sp³-hybridized carbons (Fsp3) is 0.588. The van der Waals surface area contributed by atoms with E-state index in [9.17, 15) is 4.79 Å². The zero-order chi connectivity index (χ0) is 16.3. The maximum absolute atomic E-state index is 11.9. The number of ether oxygens (including phenoxy) is 1. The molecule has 1 unspecified atom stereocenters. The Morgan fingerprint density at radius 3 is 2.09 bits per heavy atom. The van der Waals surface area contributed by atoms with Gasteiger partial charge in [0.1, 0.15) is 5.75 Å². The summed E-state index contributed by atoms with van der Waals surface area (Å²) in [5.41, 5.74) is 6.75. The molecule has 5 heteroatoms. The van der Waals surface area contributed by atoms with Gasteiger partial charge in [0.25, 0.3) is 5.91 Å². The van der Waals surface area contributed by atoms with Gasteiger partial charge >= 0.3 is 0 Å². The van der Waals surface area contributed by atoms with E-state index in [1.807, 2.05) is 38.1 Å². The molecule has 0 aliphatic carbocycles. The predicted octanol–water partition coefficient (Wildman–Crippen LogP) is 3.03. The first-order chi connectivity index (χ1) is 9.49. The standard InChI is InChI=1S/C17H28N2O2.ClH/c1-12(15(20)19-11-17(5,6)18)21-14-9-7-13(8-10-14)16(2,3)4;/h7-10,12H,11,18H2,1-6H3,(H,19,20);1H. The van der Waals surface area contributed by atoms with Crippen molar-refractivity contribution in [3.63, 3.8) is 0 Å². The van der Waals surface area contributed by atoms with Crippen molar-refractivity contribution in [2.45, 2.75) is 58.6 Å². The van der Waals surface area contributed by atoms with Crippen LogP contribution < -0.4 is 15.8 Å². The molecule has 22 heavy (non-hydrogen) atoms. The van der Waals surface area contributed by atoms with Crippen molar-refractivity contribution in [3.05, 3.63) is 29.8 Å². The highest BCUT2D eigenvalue weighted by Crippen LogP contribution is 2.24. The van der Waals surface area contributed by atoms with Crippen molar-refractivity contribution in [2.75, 3.05) is 6.54 Å². The second-order valence-corrected chi connectivity index (χ2v) is 7.24. The Bertz CT molecular complexity index is 473. The highest BCUT2D eigenvalue weighted by atomic mass is 35.5. The van der Waals surface area contributed by atoms with E-state index in [1.165, 1.54) is 5.56 Å². The van der Waals surface area contributed by atoms with Crippen molar-refractivity contribution in [2.24, 2.45) is 5.73 Å². The molecule has 0 radical (unpaired) electrons. The van der Waals surface area contributed by atoms with Crippen LogP contribution in [0.25, 0.3) is 0 Å². The molecular weight excluding hydrogens is 300 g/mol. The average molecular weight is 329 g/mol. The highest BCUT2D eigenvalue weighted by Gasteiger charge is 2.18. The van der Waals surface area contributed by atoms with Crippen LogP contribution in [0, 0.1) is 0 Å². The lowest BCUT2D eigenvalue weighted by atomic mass is 9.87. The van der Waals surface area contributed by atoms with Gasteiger partial charge in [-0.05, 0) is 43.9 Å². The van der Waals surface area contributed by atoms with Gasteiger partial charge < -0.3 is 15.8 Å². The van der Waals surface area contributed by atoms with Crippen LogP contribution >= 0.6 is 12.4 Å². The lowest BCUT2D eigenvalue weighted by Gasteiger charge is -2.22. The van der Waals surface area contributed by atoms with E-state index in [-0.39, 0.29) is 23.7 Å². The summed E-state index contributed by atoms with van der Waals surface area (Å²) >= 11 is 0. The van der Waals surface area contributed by atoms with Gasteiger partial charge in [-0.1, -0.05) is 32.9 Å². The van der Waals surface area contributed by atoms with Crippen molar-refractivity contribution in [1.29, 1.82) is 0 Å². The molecule has 0 saturated carbocycles. The first-order valence-corrected chi connectivity index (χ1v) is 7.33. The van der Waals surface area contributed by atoms with E-state index in [0.29, 0.717) is 12.3 Å². The molecule has 1 rings (SSSR count). The summed E-state index contributed by atoms with van der Waals surface area (Å²) < 4.78 is 5.66. The molecule has 126 valence electrons. The van der Waals surface area contributed by atoms with Gasteiger partial charge in [-0.3, -0.25) is 4.79 Å². The summed E-state index contributed by atoms with van der Waals surface area (Å²) in [6, 6.07) is 7.86. The average Bonchev–Trinajstić information content (AvgIpc) is 2.34. The van der Waals surface area contributed by atoms with Crippen LogP contribution in [0.2, 0.25) is 0 Å².